The number of aromatic nitrogens is 4. The van der Waals surface area contributed by atoms with E-state index < -0.39 is 5.95 Å². The first-order valence-electron chi connectivity index (χ1n) is 3.89. The topological polar surface area (TPSA) is 43.6 Å². The lowest BCUT2D eigenvalue weighted by atomic mass is 10.2. The van der Waals surface area contributed by atoms with Gasteiger partial charge in [-0.3, -0.25) is 0 Å². The Labute approximate surface area is 85.2 Å². The number of nitrogens with zero attached hydrogens (tertiary/aromatic N) is 4. The molecule has 0 bridgehead atoms. The van der Waals surface area contributed by atoms with Crippen molar-refractivity contribution in [1.82, 2.24) is 19.7 Å². The van der Waals surface area contributed by atoms with Crippen LogP contribution in [-0.4, -0.2) is 19.7 Å². The third-order valence-electron chi connectivity index (χ3n) is 1.85. The zero-order valence-electron chi connectivity index (χ0n) is 7.35. The highest BCUT2D eigenvalue weighted by atomic mass is 32.1. The average molecular weight is 210 g/mol. The molecule has 2 aromatic heterocycles. The second-order valence-corrected chi connectivity index (χ2v) is 3.12. The van der Waals surface area contributed by atoms with Crippen molar-refractivity contribution < 1.29 is 4.39 Å². The van der Waals surface area contributed by atoms with E-state index in [1.54, 1.807) is 23.7 Å². The number of pyridine rings is 1. The minimum absolute atomic E-state index is 0.322. The predicted octanol–water partition coefficient (Wildman–Crippen LogP) is 1.30. The van der Waals surface area contributed by atoms with Crippen LogP contribution < -0.4 is 0 Å². The van der Waals surface area contributed by atoms with Crippen molar-refractivity contribution >= 4 is 12.6 Å². The molecule has 0 aromatic carbocycles. The number of thiol groups is 1. The largest absolute Gasteiger partial charge is 0.305 e. The smallest absolute Gasteiger partial charge is 0.223 e. The fraction of sp³-hybridized carbons (Fsp3) is 0.125. The first-order valence-corrected chi connectivity index (χ1v) is 4.34. The van der Waals surface area contributed by atoms with E-state index in [0.717, 1.165) is 0 Å². The van der Waals surface area contributed by atoms with Gasteiger partial charge in [-0.15, -0.1) is 22.8 Å². The average Bonchev–Trinajstić information content (AvgIpc) is 2.49. The molecule has 0 saturated carbocycles. The van der Waals surface area contributed by atoms with E-state index in [-0.39, 0.29) is 0 Å². The molecule has 0 aliphatic rings. The van der Waals surface area contributed by atoms with Gasteiger partial charge < -0.3 is 4.57 Å². The van der Waals surface area contributed by atoms with Crippen LogP contribution in [0.4, 0.5) is 4.39 Å². The minimum Gasteiger partial charge on any atom is -0.305 e. The zero-order valence-corrected chi connectivity index (χ0v) is 8.24. The molecule has 0 aliphatic heterocycles. The van der Waals surface area contributed by atoms with E-state index >= 15 is 0 Å². The Bertz CT molecular complexity index is 468. The van der Waals surface area contributed by atoms with Gasteiger partial charge in [-0.1, -0.05) is 0 Å². The molecule has 0 amide bonds. The van der Waals surface area contributed by atoms with Crippen LogP contribution in [0.5, 0.6) is 0 Å². The molecule has 0 fully saturated rings. The summed E-state index contributed by atoms with van der Waals surface area (Å²) in [5.41, 5.74) is 0.322. The SMILES string of the molecule is Cn1c(S)nnc1-c1cccnc1F. The monoisotopic (exact) mass is 210 g/mol. The van der Waals surface area contributed by atoms with Gasteiger partial charge in [-0.05, 0) is 12.1 Å². The lowest BCUT2D eigenvalue weighted by molar-refractivity contribution is 0.585. The van der Waals surface area contributed by atoms with Crippen molar-refractivity contribution in [3.05, 3.63) is 24.3 Å². The molecule has 2 heterocycles. The molecule has 4 nitrogen and oxygen atoms in total. The highest BCUT2D eigenvalue weighted by Crippen LogP contribution is 2.19. The van der Waals surface area contributed by atoms with E-state index in [1.807, 2.05) is 0 Å². The van der Waals surface area contributed by atoms with E-state index in [2.05, 4.69) is 27.8 Å². The number of hydrogen-bond acceptors (Lipinski definition) is 4. The molecular formula is C8H7FN4S. The van der Waals surface area contributed by atoms with Crippen LogP contribution in [0.15, 0.2) is 23.5 Å². The highest BCUT2D eigenvalue weighted by molar-refractivity contribution is 7.80. The van der Waals surface area contributed by atoms with Crippen molar-refractivity contribution in [2.45, 2.75) is 5.16 Å². The van der Waals surface area contributed by atoms with Gasteiger partial charge in [0.1, 0.15) is 0 Å². The number of halogens is 1. The quantitative estimate of drug-likeness (QED) is 0.570. The third-order valence-corrected chi connectivity index (χ3v) is 2.24. The van der Waals surface area contributed by atoms with Crippen molar-refractivity contribution in [3.8, 4) is 11.4 Å². The summed E-state index contributed by atoms with van der Waals surface area (Å²) in [6.07, 6.45) is 1.39. The van der Waals surface area contributed by atoms with E-state index in [1.165, 1.54) is 6.20 Å². The second-order valence-electron chi connectivity index (χ2n) is 2.72. The third kappa shape index (κ3) is 1.37. The summed E-state index contributed by atoms with van der Waals surface area (Å²) in [7, 11) is 1.71. The van der Waals surface area contributed by atoms with Gasteiger partial charge in [0, 0.05) is 13.2 Å². The van der Waals surface area contributed by atoms with E-state index in [4.69, 9.17) is 0 Å². The van der Waals surface area contributed by atoms with Crippen molar-refractivity contribution in [2.24, 2.45) is 7.05 Å². The standard InChI is InChI=1S/C8H7FN4S/c1-13-7(11-12-8(13)14)5-3-2-4-10-6(5)9/h2-4H,1H3,(H,12,14). The molecule has 0 aliphatic carbocycles. The Hall–Kier alpha value is -1.43. The molecule has 0 radical (unpaired) electrons. The normalized spacial score (nSPS) is 10.5. The minimum atomic E-state index is -0.559. The van der Waals surface area contributed by atoms with Crippen LogP contribution in [0.3, 0.4) is 0 Å². The molecule has 6 heteroatoms. The Morgan fingerprint density at radius 3 is 2.79 bits per heavy atom. The summed E-state index contributed by atoms with van der Waals surface area (Å²) in [4.78, 5) is 3.53. The first-order chi connectivity index (χ1) is 6.70. The number of hydrogen-bond donors (Lipinski definition) is 1. The molecule has 72 valence electrons. The van der Waals surface area contributed by atoms with Crippen LogP contribution in [-0.2, 0) is 7.05 Å². The van der Waals surface area contributed by atoms with Crippen molar-refractivity contribution in [3.63, 3.8) is 0 Å². The Morgan fingerprint density at radius 1 is 1.43 bits per heavy atom. The molecule has 14 heavy (non-hydrogen) atoms. The number of rotatable bonds is 1. The lowest BCUT2D eigenvalue weighted by Crippen LogP contribution is -1.96. The van der Waals surface area contributed by atoms with E-state index in [9.17, 15) is 4.39 Å². The molecule has 0 atom stereocenters. The molecule has 0 N–H and O–H groups in total. The summed E-state index contributed by atoms with van der Waals surface area (Å²) >= 11 is 4.05. The van der Waals surface area contributed by atoms with Gasteiger partial charge in [-0.2, -0.15) is 4.39 Å². The van der Waals surface area contributed by atoms with Gasteiger partial charge >= 0.3 is 0 Å². The summed E-state index contributed by atoms with van der Waals surface area (Å²) in [5, 5.41) is 7.95. The highest BCUT2D eigenvalue weighted by Gasteiger charge is 2.12. The van der Waals surface area contributed by atoms with Crippen LogP contribution in [0, 0.1) is 5.95 Å². The maximum atomic E-state index is 13.2. The summed E-state index contributed by atoms with van der Waals surface area (Å²) < 4.78 is 14.8. The van der Waals surface area contributed by atoms with Crippen LogP contribution >= 0.6 is 12.6 Å². The van der Waals surface area contributed by atoms with Crippen LogP contribution in [0.25, 0.3) is 11.4 Å². The molecule has 2 rings (SSSR count). The Morgan fingerprint density at radius 2 is 2.21 bits per heavy atom. The van der Waals surface area contributed by atoms with Crippen molar-refractivity contribution in [1.29, 1.82) is 0 Å². The lowest BCUT2D eigenvalue weighted by Gasteiger charge is -2.00. The van der Waals surface area contributed by atoms with Gasteiger partial charge in [0.05, 0.1) is 5.56 Å². The fourth-order valence-corrected chi connectivity index (χ4v) is 1.25. The van der Waals surface area contributed by atoms with Gasteiger partial charge in [0.15, 0.2) is 11.0 Å². The maximum Gasteiger partial charge on any atom is 0.223 e. The predicted molar refractivity (Wildman–Crippen MR) is 51.4 cm³/mol. The molecule has 0 spiro atoms. The Kier molecular flexibility index (Phi) is 2.20. The Balaban J connectivity index is 2.60. The summed E-state index contributed by atoms with van der Waals surface area (Å²) in [6, 6.07) is 3.24. The molecular weight excluding hydrogens is 203 g/mol. The van der Waals surface area contributed by atoms with Crippen LogP contribution in [0.2, 0.25) is 0 Å². The molecule has 2 aromatic rings. The summed E-state index contributed by atoms with van der Waals surface area (Å²) in [5.74, 6) is -0.142. The fourth-order valence-electron chi connectivity index (χ4n) is 1.11. The van der Waals surface area contributed by atoms with Crippen molar-refractivity contribution in [2.75, 3.05) is 0 Å². The second kappa shape index (κ2) is 3.38. The molecule has 0 saturated heterocycles. The van der Waals surface area contributed by atoms with Gasteiger partial charge in [0.2, 0.25) is 5.95 Å². The maximum absolute atomic E-state index is 13.2. The molecule has 0 unspecified atom stereocenters. The van der Waals surface area contributed by atoms with Gasteiger partial charge in [-0.25, -0.2) is 4.98 Å². The van der Waals surface area contributed by atoms with Crippen LogP contribution in [0.1, 0.15) is 0 Å². The first kappa shape index (κ1) is 9.14. The summed E-state index contributed by atoms with van der Waals surface area (Å²) in [6.45, 7) is 0. The zero-order chi connectivity index (χ0) is 10.1. The van der Waals surface area contributed by atoms with E-state index in [0.29, 0.717) is 16.5 Å². The van der Waals surface area contributed by atoms with Gasteiger partial charge in [0.25, 0.3) is 0 Å².